The molecule has 69 heavy (non-hydrogen) atoms. The van der Waals surface area contributed by atoms with Crippen LogP contribution in [0.2, 0.25) is 0 Å². The predicted molar refractivity (Wildman–Crippen MR) is 279 cm³/mol. The third kappa shape index (κ3) is 5.61. The summed E-state index contributed by atoms with van der Waals surface area (Å²) in [5.74, 6) is -4.66. The van der Waals surface area contributed by atoms with Gasteiger partial charge < -0.3 is 34.7 Å². The quantitative estimate of drug-likeness (QED) is 0.0846. The molecule has 0 amide bonds. The van der Waals surface area contributed by atoms with E-state index in [1.807, 2.05) is 42.5 Å². The summed E-state index contributed by atoms with van der Waals surface area (Å²) in [6, 6.07) is 59.0. The third-order valence-electron chi connectivity index (χ3n) is 13.3. The highest BCUT2D eigenvalue weighted by Gasteiger charge is 2.28. The number of rotatable bonds is 5. The van der Waals surface area contributed by atoms with Crippen LogP contribution in [-0.2, 0) is 0 Å². The van der Waals surface area contributed by atoms with Crippen molar-refractivity contribution in [2.45, 2.75) is 0 Å². The number of fused-ring (bicyclic) bond motifs is 12. The van der Waals surface area contributed by atoms with Crippen molar-refractivity contribution in [1.29, 1.82) is 0 Å². The molecule has 5 N–H and O–H groups in total. The van der Waals surface area contributed by atoms with Crippen LogP contribution in [0.5, 0.6) is 28.7 Å². The van der Waals surface area contributed by atoms with Crippen LogP contribution in [-0.4, -0.2) is 49.6 Å². The molecule has 0 fully saturated rings. The molecule has 0 aliphatic carbocycles. The minimum atomic E-state index is -1.07. The van der Waals surface area contributed by atoms with Crippen molar-refractivity contribution in [3.63, 3.8) is 0 Å². The molecule has 5 aromatic heterocycles. The number of thiophene rings is 2. The normalized spacial score (nSPS) is 12.1. The van der Waals surface area contributed by atoms with Gasteiger partial charge in [0.15, 0.2) is 29.0 Å². The van der Waals surface area contributed by atoms with Crippen LogP contribution in [0.15, 0.2) is 170 Å². The summed E-state index contributed by atoms with van der Waals surface area (Å²) in [5, 5.41) is 62.6. The second-order valence-corrected chi connectivity index (χ2v) is 19.2. The minimum absolute atomic E-state index is 0.220. The molecule has 12 heteroatoms. The number of nitrogens with zero attached hydrogens (tertiary/aromatic N) is 5. The smallest absolute Gasteiger partial charge is 0.208 e. The molecule has 0 radical (unpaired) electrons. The van der Waals surface area contributed by atoms with E-state index in [4.69, 9.17) is 15.0 Å². The van der Waals surface area contributed by atoms with E-state index in [-0.39, 0.29) is 17.5 Å². The fraction of sp³-hybridized carbons (Fsp3) is 0. The van der Waals surface area contributed by atoms with E-state index in [1.54, 1.807) is 22.7 Å². The van der Waals surface area contributed by atoms with Crippen LogP contribution in [0.25, 0.3) is 129 Å². The average Bonchev–Trinajstić information content (AvgIpc) is 4.15. The Bertz CT molecular complexity index is 4450. The first kappa shape index (κ1) is 39.2. The van der Waals surface area contributed by atoms with E-state index in [1.165, 1.54) is 16.2 Å². The minimum Gasteiger partial charge on any atom is -0.504 e. The van der Waals surface area contributed by atoms with Crippen LogP contribution in [0.1, 0.15) is 0 Å². The lowest BCUT2D eigenvalue weighted by molar-refractivity contribution is 0.329. The Hall–Kier alpha value is -8.97. The lowest BCUT2D eigenvalue weighted by atomic mass is 10.1. The number of hydrogen-bond acceptors (Lipinski definition) is 10. The maximum Gasteiger partial charge on any atom is 0.208 e. The van der Waals surface area contributed by atoms with E-state index in [0.717, 1.165) is 79.2 Å². The fourth-order valence-electron chi connectivity index (χ4n) is 10.2. The molecule has 0 aliphatic rings. The summed E-state index contributed by atoms with van der Waals surface area (Å²) in [5.41, 5.74) is 7.51. The maximum absolute atomic E-state index is 11.1. The molecule has 0 atom stereocenters. The first-order valence-corrected chi connectivity index (χ1v) is 23.8. The number of phenols is 5. The van der Waals surface area contributed by atoms with Crippen molar-refractivity contribution in [3.05, 3.63) is 170 Å². The van der Waals surface area contributed by atoms with Gasteiger partial charge in [0.2, 0.25) is 17.2 Å². The maximum atomic E-state index is 11.1. The fourth-order valence-corrected chi connectivity index (χ4v) is 12.6. The number of aromatic hydroxyl groups is 5. The van der Waals surface area contributed by atoms with Crippen molar-refractivity contribution >= 4 is 107 Å². The van der Waals surface area contributed by atoms with Gasteiger partial charge in [0.25, 0.3) is 0 Å². The Labute approximate surface area is 398 Å². The van der Waals surface area contributed by atoms with E-state index in [0.29, 0.717) is 11.1 Å². The number of para-hydroxylation sites is 3. The molecule has 0 spiro atoms. The zero-order chi connectivity index (χ0) is 46.2. The van der Waals surface area contributed by atoms with E-state index < -0.39 is 34.3 Å². The third-order valence-corrected chi connectivity index (χ3v) is 15.7. The Morgan fingerprint density at radius 3 is 1.68 bits per heavy atom. The standard InChI is InChI=1S/C57H33N5O5S2/c63-49-48(50(64)52(66)53(67)51(49)65)57-59-55(58-56(60-57)37-16-9-15-35-33-13-4-8-22-44(33)69-54(35)37)29-23-25-34-38-28-30(24-26-45(38)68-46(34)27-29)61-41-19-7-3-14-36(41)47-42(61)20-10-21-43(47)62-39-17-5-1-11-31(39)32-12-2-6-18-40(32)62/h1-28,63-67H. The number of aromatic nitrogens is 5. The summed E-state index contributed by atoms with van der Waals surface area (Å²) in [7, 11) is 0. The molecule has 10 nitrogen and oxygen atoms in total. The van der Waals surface area contributed by atoms with E-state index >= 15 is 0 Å². The van der Waals surface area contributed by atoms with Gasteiger partial charge in [-0.2, -0.15) is 0 Å². The molecule has 9 aromatic carbocycles. The van der Waals surface area contributed by atoms with Crippen LogP contribution >= 0.6 is 22.7 Å². The number of phenolic OH excluding ortho intramolecular Hbond substituents is 5. The molecule has 0 aliphatic heterocycles. The second-order valence-electron chi connectivity index (χ2n) is 17.1. The van der Waals surface area contributed by atoms with Gasteiger partial charge in [-0.1, -0.05) is 103 Å². The van der Waals surface area contributed by atoms with Crippen molar-refractivity contribution < 1.29 is 25.5 Å². The molecular weight excluding hydrogens is 899 g/mol. The number of benzene rings is 9. The number of hydrogen-bond donors (Lipinski definition) is 5. The lowest BCUT2D eigenvalue weighted by Crippen LogP contribution is -2.01. The monoisotopic (exact) mass is 931 g/mol. The van der Waals surface area contributed by atoms with Gasteiger partial charge in [-0.15, -0.1) is 22.7 Å². The van der Waals surface area contributed by atoms with Crippen LogP contribution < -0.4 is 0 Å². The predicted octanol–water partition coefficient (Wildman–Crippen LogP) is 14.3. The first-order chi connectivity index (χ1) is 33.8. The molecule has 0 unspecified atom stereocenters. The SMILES string of the molecule is Oc1c(O)c(O)c(-c2nc(-c3ccc4c(c3)sc3ccc(-n5c6ccccc6c6c(-n7c8ccccc8c8ccccc87)cccc65)cc34)nc(-c3cccc4c3sc3ccccc34)n2)c(O)c1O. The highest BCUT2D eigenvalue weighted by Crippen LogP contribution is 2.54. The molecule has 0 saturated heterocycles. The highest BCUT2D eigenvalue weighted by molar-refractivity contribution is 7.26. The van der Waals surface area contributed by atoms with Crippen LogP contribution in [0.4, 0.5) is 0 Å². The Kier molecular flexibility index (Phi) is 8.25. The highest BCUT2D eigenvalue weighted by atomic mass is 32.1. The molecule has 14 aromatic rings. The van der Waals surface area contributed by atoms with Crippen molar-refractivity contribution in [1.82, 2.24) is 24.1 Å². The Morgan fingerprint density at radius 2 is 0.928 bits per heavy atom. The van der Waals surface area contributed by atoms with Crippen LogP contribution in [0.3, 0.4) is 0 Å². The second kappa shape index (κ2) is 14.5. The van der Waals surface area contributed by atoms with Crippen molar-refractivity contribution in [3.8, 4) is 74.3 Å². The van der Waals surface area contributed by atoms with Gasteiger partial charge in [-0.05, 0) is 66.7 Å². The molecule has 0 saturated carbocycles. The lowest BCUT2D eigenvalue weighted by Gasteiger charge is -2.13. The van der Waals surface area contributed by atoms with Crippen molar-refractivity contribution in [2.24, 2.45) is 0 Å². The molecule has 0 bridgehead atoms. The van der Waals surface area contributed by atoms with Gasteiger partial charge in [0, 0.05) is 78.7 Å². The Balaban J connectivity index is 0.943. The molecule has 5 heterocycles. The average molecular weight is 932 g/mol. The van der Waals surface area contributed by atoms with Gasteiger partial charge >= 0.3 is 0 Å². The van der Waals surface area contributed by atoms with Gasteiger partial charge in [0.1, 0.15) is 5.56 Å². The molecule has 328 valence electrons. The summed E-state index contributed by atoms with van der Waals surface area (Å²) in [4.78, 5) is 14.5. The Morgan fingerprint density at radius 1 is 0.362 bits per heavy atom. The van der Waals surface area contributed by atoms with Gasteiger partial charge in [0.05, 0.1) is 27.8 Å². The van der Waals surface area contributed by atoms with E-state index in [2.05, 4.69) is 137 Å². The zero-order valence-electron chi connectivity index (χ0n) is 36.0. The summed E-state index contributed by atoms with van der Waals surface area (Å²) in [6.07, 6.45) is 0. The zero-order valence-corrected chi connectivity index (χ0v) is 37.6. The van der Waals surface area contributed by atoms with Gasteiger partial charge in [-0.25, -0.2) is 15.0 Å². The van der Waals surface area contributed by atoms with Crippen LogP contribution in [0, 0.1) is 0 Å². The van der Waals surface area contributed by atoms with Crippen molar-refractivity contribution in [2.75, 3.05) is 0 Å². The summed E-state index contributed by atoms with van der Waals surface area (Å²) in [6.45, 7) is 0. The summed E-state index contributed by atoms with van der Waals surface area (Å²) >= 11 is 3.24. The van der Waals surface area contributed by atoms with E-state index in [9.17, 15) is 25.5 Å². The molecular formula is C57H33N5O5S2. The first-order valence-electron chi connectivity index (χ1n) is 22.1. The van der Waals surface area contributed by atoms with Gasteiger partial charge in [-0.3, -0.25) is 0 Å². The molecule has 14 rings (SSSR count). The summed E-state index contributed by atoms with van der Waals surface area (Å²) < 4.78 is 8.83. The largest absolute Gasteiger partial charge is 0.504 e. The topological polar surface area (TPSA) is 150 Å².